The number of carboxylic acid groups (broad SMARTS) is 1. The van der Waals surface area contributed by atoms with Gasteiger partial charge in [-0.3, -0.25) is 14.4 Å². The summed E-state index contributed by atoms with van der Waals surface area (Å²) in [5.74, 6) is -0.562. The molecule has 2 aliphatic heterocycles. The smallest absolute Gasteiger partial charge is 0.308 e. The van der Waals surface area contributed by atoms with E-state index in [0.717, 1.165) is 0 Å². The molecular formula is C11H16N2O4S. The standard InChI is InChI=1S/C11H16N2O4S/c1-7-2-12(3-8(7)11(16)17)9(14)4-13-6-18-5-10(13)15/h7-8H,2-6H2,1H3,(H,16,17)/t7-,8-/m1/s1. The summed E-state index contributed by atoms with van der Waals surface area (Å²) >= 11 is 1.49. The van der Waals surface area contributed by atoms with Gasteiger partial charge in [-0.1, -0.05) is 6.92 Å². The zero-order valence-corrected chi connectivity index (χ0v) is 11.0. The predicted octanol–water partition coefficient (Wildman–Crippen LogP) is -0.302. The number of thioether (sulfide) groups is 1. The second-order valence-electron chi connectivity index (χ2n) is 4.79. The largest absolute Gasteiger partial charge is 0.481 e. The van der Waals surface area contributed by atoms with Gasteiger partial charge in [0.25, 0.3) is 0 Å². The van der Waals surface area contributed by atoms with Crippen LogP contribution < -0.4 is 0 Å². The van der Waals surface area contributed by atoms with E-state index in [-0.39, 0.29) is 30.8 Å². The maximum atomic E-state index is 12.0. The Bertz CT molecular complexity index is 387. The van der Waals surface area contributed by atoms with Crippen LogP contribution in [0.5, 0.6) is 0 Å². The number of rotatable bonds is 3. The topological polar surface area (TPSA) is 77.9 Å². The third kappa shape index (κ3) is 2.60. The molecule has 100 valence electrons. The molecule has 18 heavy (non-hydrogen) atoms. The number of hydrogen-bond donors (Lipinski definition) is 1. The Morgan fingerprint density at radius 2 is 2.17 bits per heavy atom. The van der Waals surface area contributed by atoms with Crippen molar-refractivity contribution in [3.63, 3.8) is 0 Å². The molecule has 0 bridgehead atoms. The number of carboxylic acids is 1. The summed E-state index contributed by atoms with van der Waals surface area (Å²) in [6.45, 7) is 2.63. The van der Waals surface area contributed by atoms with Gasteiger partial charge in [0, 0.05) is 13.1 Å². The lowest BCUT2D eigenvalue weighted by Gasteiger charge is -2.20. The van der Waals surface area contributed by atoms with Crippen molar-refractivity contribution in [3.8, 4) is 0 Å². The first kappa shape index (κ1) is 13.2. The molecule has 2 aliphatic rings. The molecule has 0 spiro atoms. The molecule has 2 fully saturated rings. The summed E-state index contributed by atoms with van der Waals surface area (Å²) in [6.07, 6.45) is 0. The van der Waals surface area contributed by atoms with Crippen LogP contribution in [0.4, 0.5) is 0 Å². The average molecular weight is 272 g/mol. The SMILES string of the molecule is C[C@@H]1CN(C(=O)CN2CSCC2=O)C[C@H]1C(=O)O. The van der Waals surface area contributed by atoms with Gasteiger partial charge in [0.15, 0.2) is 0 Å². The second kappa shape index (κ2) is 5.17. The van der Waals surface area contributed by atoms with Gasteiger partial charge in [0.1, 0.15) is 6.54 Å². The number of amides is 2. The van der Waals surface area contributed by atoms with E-state index < -0.39 is 11.9 Å². The maximum Gasteiger partial charge on any atom is 0.308 e. The molecule has 2 rings (SSSR count). The zero-order chi connectivity index (χ0) is 13.3. The van der Waals surface area contributed by atoms with Crippen LogP contribution in [0.1, 0.15) is 6.92 Å². The highest BCUT2D eigenvalue weighted by Crippen LogP contribution is 2.24. The van der Waals surface area contributed by atoms with E-state index in [9.17, 15) is 14.4 Å². The minimum absolute atomic E-state index is 0.0182. The Hall–Kier alpha value is -1.24. The zero-order valence-electron chi connectivity index (χ0n) is 10.2. The van der Waals surface area contributed by atoms with Crippen molar-refractivity contribution in [2.75, 3.05) is 31.3 Å². The Balaban J connectivity index is 1.91. The molecule has 0 aromatic heterocycles. The normalized spacial score (nSPS) is 27.9. The summed E-state index contributed by atoms with van der Waals surface area (Å²) in [6, 6.07) is 0. The van der Waals surface area contributed by atoms with Crippen LogP contribution in [0, 0.1) is 11.8 Å². The Labute approximate surface area is 109 Å². The lowest BCUT2D eigenvalue weighted by atomic mass is 9.99. The first-order valence-electron chi connectivity index (χ1n) is 5.85. The van der Waals surface area contributed by atoms with Crippen LogP contribution in [0.3, 0.4) is 0 Å². The number of carbonyl (C=O) groups is 3. The van der Waals surface area contributed by atoms with Crippen LogP contribution in [0.25, 0.3) is 0 Å². The highest BCUT2D eigenvalue weighted by atomic mass is 32.2. The minimum atomic E-state index is -0.856. The van der Waals surface area contributed by atoms with Crippen LogP contribution in [-0.2, 0) is 14.4 Å². The molecule has 0 saturated carbocycles. The lowest BCUT2D eigenvalue weighted by Crippen LogP contribution is -2.40. The van der Waals surface area contributed by atoms with E-state index >= 15 is 0 Å². The summed E-state index contributed by atoms with van der Waals surface area (Å²) in [4.78, 5) is 37.4. The monoisotopic (exact) mass is 272 g/mol. The van der Waals surface area contributed by atoms with Gasteiger partial charge in [0.05, 0.1) is 17.5 Å². The van der Waals surface area contributed by atoms with Crippen LogP contribution in [-0.4, -0.2) is 64.0 Å². The van der Waals surface area contributed by atoms with Gasteiger partial charge < -0.3 is 14.9 Å². The summed E-state index contributed by atoms with van der Waals surface area (Å²) in [7, 11) is 0. The first-order chi connectivity index (χ1) is 8.49. The molecular weight excluding hydrogens is 256 g/mol. The maximum absolute atomic E-state index is 12.0. The van der Waals surface area contributed by atoms with Crippen molar-refractivity contribution in [1.82, 2.24) is 9.80 Å². The van der Waals surface area contributed by atoms with E-state index in [2.05, 4.69) is 0 Å². The van der Waals surface area contributed by atoms with Gasteiger partial charge in [-0.15, -0.1) is 11.8 Å². The summed E-state index contributed by atoms with van der Waals surface area (Å²) < 4.78 is 0. The van der Waals surface area contributed by atoms with E-state index in [1.165, 1.54) is 16.7 Å². The molecule has 2 amide bonds. The van der Waals surface area contributed by atoms with Crippen molar-refractivity contribution < 1.29 is 19.5 Å². The molecule has 0 aromatic rings. The average Bonchev–Trinajstić information content (AvgIpc) is 2.86. The molecule has 6 nitrogen and oxygen atoms in total. The number of likely N-dealkylation sites (tertiary alicyclic amines) is 1. The first-order valence-corrected chi connectivity index (χ1v) is 7.00. The van der Waals surface area contributed by atoms with Crippen molar-refractivity contribution in [2.24, 2.45) is 11.8 Å². The van der Waals surface area contributed by atoms with E-state index in [1.807, 2.05) is 6.92 Å². The van der Waals surface area contributed by atoms with Crippen molar-refractivity contribution in [1.29, 1.82) is 0 Å². The van der Waals surface area contributed by atoms with Crippen molar-refractivity contribution >= 4 is 29.5 Å². The fourth-order valence-electron chi connectivity index (χ4n) is 2.30. The van der Waals surface area contributed by atoms with E-state index in [4.69, 9.17) is 5.11 Å². The fraction of sp³-hybridized carbons (Fsp3) is 0.727. The number of hydrogen-bond acceptors (Lipinski definition) is 4. The molecule has 1 N–H and O–H groups in total. The lowest BCUT2D eigenvalue weighted by molar-refractivity contribution is -0.142. The van der Waals surface area contributed by atoms with Crippen LogP contribution in [0.15, 0.2) is 0 Å². The van der Waals surface area contributed by atoms with E-state index in [1.54, 1.807) is 4.90 Å². The number of nitrogens with zero attached hydrogens (tertiary/aromatic N) is 2. The van der Waals surface area contributed by atoms with Gasteiger partial charge in [0.2, 0.25) is 11.8 Å². The number of carbonyl (C=O) groups excluding carboxylic acids is 2. The molecule has 7 heteroatoms. The molecule has 2 atom stereocenters. The van der Waals surface area contributed by atoms with Gasteiger partial charge in [-0.2, -0.15) is 0 Å². The second-order valence-corrected chi connectivity index (χ2v) is 5.75. The summed E-state index contributed by atoms with van der Waals surface area (Å²) in [5, 5.41) is 9.00. The van der Waals surface area contributed by atoms with E-state index in [0.29, 0.717) is 18.2 Å². The van der Waals surface area contributed by atoms with Gasteiger partial charge in [-0.05, 0) is 5.92 Å². The Morgan fingerprint density at radius 1 is 1.44 bits per heavy atom. The third-order valence-corrected chi connectivity index (χ3v) is 4.38. The highest BCUT2D eigenvalue weighted by molar-refractivity contribution is 8.00. The van der Waals surface area contributed by atoms with Crippen molar-refractivity contribution in [3.05, 3.63) is 0 Å². The quantitative estimate of drug-likeness (QED) is 0.763. The Kier molecular flexibility index (Phi) is 3.79. The van der Waals surface area contributed by atoms with Crippen LogP contribution >= 0.6 is 11.8 Å². The molecule has 0 unspecified atom stereocenters. The number of aliphatic carboxylic acids is 1. The summed E-state index contributed by atoms with van der Waals surface area (Å²) in [5.41, 5.74) is 0. The highest BCUT2D eigenvalue weighted by Gasteiger charge is 2.37. The third-order valence-electron chi connectivity index (χ3n) is 3.43. The van der Waals surface area contributed by atoms with Gasteiger partial charge in [-0.25, -0.2) is 0 Å². The fourth-order valence-corrected chi connectivity index (χ4v) is 3.20. The molecule has 2 saturated heterocycles. The van der Waals surface area contributed by atoms with Crippen molar-refractivity contribution in [2.45, 2.75) is 6.92 Å². The predicted molar refractivity (Wildman–Crippen MR) is 65.9 cm³/mol. The molecule has 0 aliphatic carbocycles. The minimum Gasteiger partial charge on any atom is -0.481 e. The molecule has 0 aromatic carbocycles. The molecule has 2 heterocycles. The Morgan fingerprint density at radius 3 is 2.67 bits per heavy atom. The van der Waals surface area contributed by atoms with Crippen LogP contribution in [0.2, 0.25) is 0 Å². The van der Waals surface area contributed by atoms with Gasteiger partial charge >= 0.3 is 5.97 Å². The molecule has 0 radical (unpaired) electrons.